The summed E-state index contributed by atoms with van der Waals surface area (Å²) >= 11 is 6.07. The van der Waals surface area contributed by atoms with Gasteiger partial charge in [0, 0.05) is 23.0 Å². The Labute approximate surface area is 245 Å². The van der Waals surface area contributed by atoms with Crippen LogP contribution in [0.3, 0.4) is 0 Å². The van der Waals surface area contributed by atoms with Gasteiger partial charge in [-0.25, -0.2) is 0 Å². The topological polar surface area (TPSA) is 106 Å². The molecule has 0 bridgehead atoms. The molecule has 1 aliphatic heterocycles. The minimum Gasteiger partial charge on any atom is -0.403 e. The lowest BCUT2D eigenvalue weighted by atomic mass is 9.57. The fourth-order valence-corrected chi connectivity index (χ4v) is 6.08. The van der Waals surface area contributed by atoms with E-state index < -0.39 is 27.8 Å². The van der Waals surface area contributed by atoms with E-state index in [9.17, 15) is 14.4 Å². The van der Waals surface area contributed by atoms with Gasteiger partial charge in [-0.1, -0.05) is 36.6 Å². The lowest BCUT2D eigenvalue weighted by Gasteiger charge is -2.55. The van der Waals surface area contributed by atoms with Crippen molar-refractivity contribution in [3.8, 4) is 0 Å². The number of hydrogen-bond donors (Lipinski definition) is 3. The van der Waals surface area contributed by atoms with Gasteiger partial charge in [-0.3, -0.25) is 14.4 Å². The number of hydrogen-bond acceptors (Lipinski definition) is 5. The summed E-state index contributed by atoms with van der Waals surface area (Å²) in [5, 5.41) is 9.88. The molecule has 3 N–H and O–H groups in total. The molecule has 10 heteroatoms. The molecule has 1 unspecified atom stereocenters. The van der Waals surface area contributed by atoms with E-state index in [1.165, 1.54) is 6.92 Å². The predicted molar refractivity (Wildman–Crippen MR) is 159 cm³/mol. The second-order valence-corrected chi connectivity index (χ2v) is 14.2. The number of benzene rings is 1. The molecule has 40 heavy (non-hydrogen) atoms. The molecule has 8 nitrogen and oxygen atoms in total. The van der Waals surface area contributed by atoms with E-state index in [4.69, 9.17) is 20.9 Å². The quantitative estimate of drug-likeness (QED) is 0.188. The lowest BCUT2D eigenvalue weighted by Crippen LogP contribution is -2.71. The molecule has 1 aromatic carbocycles. The zero-order valence-corrected chi connectivity index (χ0v) is 26.2. The molecule has 0 radical (unpaired) electrons. The van der Waals surface area contributed by atoms with Gasteiger partial charge < -0.3 is 25.3 Å². The summed E-state index contributed by atoms with van der Waals surface area (Å²) in [7, 11) is -0.309. The number of unbranched alkanes of at least 4 members (excludes halogenated alkanes) is 1. The van der Waals surface area contributed by atoms with Crippen molar-refractivity contribution in [1.29, 1.82) is 0 Å². The molecule has 1 atom stereocenters. The molecule has 1 heterocycles. The number of carbonyl (C=O) groups excluding carboxylic acids is 3. The lowest BCUT2D eigenvalue weighted by molar-refractivity contribution is -0.141. The summed E-state index contributed by atoms with van der Waals surface area (Å²) < 4.78 is 12.3. The summed E-state index contributed by atoms with van der Waals surface area (Å²) in [6.45, 7) is 15.4. The minimum atomic E-state index is -1.11. The molecular weight excluding hydrogens is 529 g/mol. The van der Waals surface area contributed by atoms with Crippen molar-refractivity contribution in [2.24, 2.45) is 5.92 Å². The van der Waals surface area contributed by atoms with Crippen LogP contribution in [0.2, 0.25) is 11.3 Å². The van der Waals surface area contributed by atoms with Gasteiger partial charge in [-0.05, 0) is 104 Å². The van der Waals surface area contributed by atoms with Crippen molar-refractivity contribution in [3.63, 3.8) is 0 Å². The highest BCUT2D eigenvalue weighted by molar-refractivity contribution is 6.45. The molecular formula is C30H47BClN3O5. The molecule has 3 amide bonds. The van der Waals surface area contributed by atoms with Crippen molar-refractivity contribution in [2.45, 2.75) is 128 Å². The average molecular weight is 576 g/mol. The fraction of sp³-hybridized carbons (Fsp3) is 0.700. The van der Waals surface area contributed by atoms with Crippen LogP contribution in [-0.4, -0.2) is 53.2 Å². The second-order valence-electron chi connectivity index (χ2n) is 13.7. The van der Waals surface area contributed by atoms with Crippen LogP contribution in [0.15, 0.2) is 24.3 Å². The third-order valence-corrected chi connectivity index (χ3v) is 8.90. The molecule has 3 rings (SSSR count). The van der Waals surface area contributed by atoms with Crippen molar-refractivity contribution < 1.29 is 23.7 Å². The summed E-state index contributed by atoms with van der Waals surface area (Å²) in [4.78, 5) is 38.1. The maximum absolute atomic E-state index is 14.0. The van der Waals surface area contributed by atoms with Crippen LogP contribution >= 0.6 is 11.6 Å². The number of rotatable bonds is 12. The second kappa shape index (κ2) is 12.0. The maximum Gasteiger partial charge on any atom is 0.457 e. The normalized spacial score (nSPS) is 24.9. The van der Waals surface area contributed by atoms with Crippen LogP contribution in [0.1, 0.15) is 93.1 Å². The van der Waals surface area contributed by atoms with Gasteiger partial charge in [-0.2, -0.15) is 0 Å². The molecule has 1 aromatic rings. The van der Waals surface area contributed by atoms with Gasteiger partial charge in [0.25, 0.3) is 0 Å². The van der Waals surface area contributed by atoms with Gasteiger partial charge in [0.1, 0.15) is 5.54 Å². The molecule has 1 saturated heterocycles. The largest absolute Gasteiger partial charge is 0.457 e. The molecule has 222 valence electrons. The molecule has 1 aliphatic carbocycles. The summed E-state index contributed by atoms with van der Waals surface area (Å²) in [5.74, 6) is -0.606. The van der Waals surface area contributed by atoms with E-state index >= 15 is 0 Å². The Bertz CT molecular complexity index is 1050. The van der Waals surface area contributed by atoms with E-state index in [0.29, 0.717) is 43.4 Å². The maximum atomic E-state index is 14.0. The Morgan fingerprint density at radius 3 is 2.10 bits per heavy atom. The monoisotopic (exact) mass is 575 g/mol. The highest BCUT2D eigenvalue weighted by atomic mass is 35.5. The third-order valence-electron chi connectivity index (χ3n) is 8.65. The SMILES string of the molecule is CC(=O)NC(CCCCB1OC(C)(C)C(C)(C)O1)(C(=O)NC(C)(C)C)C1CC(Cc2ccc(Cl)cc2)(NC=O)C1. The number of halogens is 1. The summed E-state index contributed by atoms with van der Waals surface area (Å²) in [5.41, 5.74) is -1.83. The Kier molecular flexibility index (Phi) is 9.74. The first kappa shape index (κ1) is 32.4. The van der Waals surface area contributed by atoms with Gasteiger partial charge in [0.2, 0.25) is 18.2 Å². The molecule has 0 spiro atoms. The van der Waals surface area contributed by atoms with Gasteiger partial charge in [0.05, 0.1) is 11.2 Å². The van der Waals surface area contributed by atoms with Crippen LogP contribution < -0.4 is 16.0 Å². The van der Waals surface area contributed by atoms with E-state index in [1.54, 1.807) is 0 Å². The van der Waals surface area contributed by atoms with Crippen LogP contribution in [0.5, 0.6) is 0 Å². The van der Waals surface area contributed by atoms with Crippen LogP contribution in [-0.2, 0) is 30.1 Å². The van der Waals surface area contributed by atoms with Gasteiger partial charge in [0.15, 0.2) is 0 Å². The zero-order valence-electron chi connectivity index (χ0n) is 25.4. The van der Waals surface area contributed by atoms with Crippen molar-refractivity contribution in [2.75, 3.05) is 0 Å². The summed E-state index contributed by atoms with van der Waals surface area (Å²) in [6.07, 6.45) is 5.09. The highest BCUT2D eigenvalue weighted by Crippen LogP contribution is 2.48. The Hall–Kier alpha value is -2.10. The Morgan fingerprint density at radius 1 is 1.02 bits per heavy atom. The molecule has 2 fully saturated rings. The highest BCUT2D eigenvalue weighted by Gasteiger charge is 2.57. The standard InChI is InChI=1S/C30H47BClN3O5/c1-21(37)34-30(25(38)35-26(2,3)4,15-9-10-16-31-39-27(5,6)28(7,8)40-31)23-18-29(19-23,33-20-36)17-22-11-13-24(32)14-12-22/h11-14,20,23H,9-10,15-19H2,1-8H3,(H,33,36)(H,34,37)(H,35,38). The van der Waals surface area contributed by atoms with Crippen LogP contribution in [0.4, 0.5) is 0 Å². The van der Waals surface area contributed by atoms with E-state index in [1.807, 2.05) is 72.7 Å². The van der Waals surface area contributed by atoms with Crippen LogP contribution in [0.25, 0.3) is 0 Å². The smallest absolute Gasteiger partial charge is 0.403 e. The van der Waals surface area contributed by atoms with Crippen molar-refractivity contribution in [1.82, 2.24) is 16.0 Å². The summed E-state index contributed by atoms with van der Waals surface area (Å²) in [6, 6.07) is 7.57. The number of nitrogens with one attached hydrogen (secondary N) is 3. The zero-order chi connectivity index (χ0) is 30.0. The van der Waals surface area contributed by atoms with E-state index in [0.717, 1.165) is 18.4 Å². The number of carbonyl (C=O) groups is 3. The van der Waals surface area contributed by atoms with E-state index in [-0.39, 0.29) is 24.9 Å². The van der Waals surface area contributed by atoms with Crippen molar-refractivity contribution in [3.05, 3.63) is 34.9 Å². The predicted octanol–water partition coefficient (Wildman–Crippen LogP) is 4.83. The first-order valence-electron chi connectivity index (χ1n) is 14.4. The minimum absolute atomic E-state index is 0.157. The Balaban J connectivity index is 1.79. The molecule has 1 saturated carbocycles. The van der Waals surface area contributed by atoms with Crippen LogP contribution in [0, 0.1) is 5.92 Å². The Morgan fingerprint density at radius 2 is 1.60 bits per heavy atom. The van der Waals surface area contributed by atoms with Gasteiger partial charge >= 0.3 is 7.12 Å². The van der Waals surface area contributed by atoms with Crippen molar-refractivity contribution >= 4 is 36.9 Å². The molecule has 0 aromatic heterocycles. The first-order chi connectivity index (χ1) is 18.4. The molecule has 2 aliphatic rings. The number of amides is 3. The van der Waals surface area contributed by atoms with E-state index in [2.05, 4.69) is 16.0 Å². The van der Waals surface area contributed by atoms with Gasteiger partial charge in [-0.15, -0.1) is 0 Å². The third kappa shape index (κ3) is 7.59. The fourth-order valence-electron chi connectivity index (χ4n) is 5.95. The average Bonchev–Trinajstić information content (AvgIpc) is 3.00. The first-order valence-corrected chi connectivity index (χ1v) is 14.7.